The quantitative estimate of drug-likeness (QED) is 0.794. The molecule has 20 heavy (non-hydrogen) atoms. The van der Waals surface area contributed by atoms with Gasteiger partial charge >= 0.3 is 6.03 Å². The van der Waals surface area contributed by atoms with E-state index in [2.05, 4.69) is 24.5 Å². The maximum absolute atomic E-state index is 12.7. The van der Waals surface area contributed by atoms with E-state index in [4.69, 9.17) is 0 Å². The lowest BCUT2D eigenvalue weighted by molar-refractivity contribution is -0.117. The molecule has 0 aliphatic carbocycles. The minimum Gasteiger partial charge on any atom is -0.338 e. The van der Waals surface area contributed by atoms with Crippen LogP contribution in [0.25, 0.3) is 0 Å². The lowest BCUT2D eigenvalue weighted by Crippen LogP contribution is -2.40. The number of imide groups is 1. The molecule has 0 fully saturated rings. The molecule has 0 saturated heterocycles. The first-order chi connectivity index (χ1) is 9.47. The first kappa shape index (κ1) is 16.5. The molecule has 0 unspecified atom stereocenters. The van der Waals surface area contributed by atoms with Gasteiger partial charge in [-0.2, -0.15) is 0 Å². The fraction of sp³-hybridized carbons (Fsp3) is 0.429. The van der Waals surface area contributed by atoms with Crippen LogP contribution in [0.3, 0.4) is 0 Å². The predicted molar refractivity (Wildman–Crippen MR) is 78.1 cm³/mol. The van der Waals surface area contributed by atoms with Gasteiger partial charge in [-0.25, -0.2) is 9.18 Å². The number of nitrogens with one attached hydrogen (secondary N) is 2. The summed E-state index contributed by atoms with van der Waals surface area (Å²) in [5.41, 5.74) is 0. The maximum atomic E-state index is 12.7. The number of urea groups is 1. The molecule has 1 aromatic rings. The number of hydrogen-bond acceptors (Lipinski definition) is 3. The van der Waals surface area contributed by atoms with Crippen LogP contribution in [0.1, 0.15) is 20.3 Å². The summed E-state index contributed by atoms with van der Waals surface area (Å²) in [6.07, 6.45) is 0.867. The van der Waals surface area contributed by atoms with Gasteiger partial charge in [0.2, 0.25) is 5.91 Å². The summed E-state index contributed by atoms with van der Waals surface area (Å²) in [5, 5.41) is 4.87. The van der Waals surface area contributed by atoms with Gasteiger partial charge in [-0.15, -0.1) is 11.8 Å². The molecule has 0 bridgehead atoms. The molecule has 3 amide bonds. The largest absolute Gasteiger partial charge is 0.338 e. The number of hydrogen-bond donors (Lipinski definition) is 2. The molecule has 4 nitrogen and oxygen atoms in total. The van der Waals surface area contributed by atoms with Gasteiger partial charge in [0.25, 0.3) is 0 Å². The number of amides is 3. The van der Waals surface area contributed by atoms with Crippen LogP contribution in [0.15, 0.2) is 29.2 Å². The number of carbonyl (C=O) groups is 2. The highest BCUT2D eigenvalue weighted by molar-refractivity contribution is 8.00. The van der Waals surface area contributed by atoms with Crippen molar-refractivity contribution in [3.63, 3.8) is 0 Å². The zero-order valence-electron chi connectivity index (χ0n) is 11.6. The van der Waals surface area contributed by atoms with Gasteiger partial charge in [0.15, 0.2) is 0 Å². The van der Waals surface area contributed by atoms with E-state index < -0.39 is 6.03 Å². The summed E-state index contributed by atoms with van der Waals surface area (Å²) >= 11 is 1.25. The van der Waals surface area contributed by atoms with Crippen molar-refractivity contribution in [1.82, 2.24) is 10.6 Å². The Hall–Kier alpha value is -1.56. The topological polar surface area (TPSA) is 58.2 Å². The van der Waals surface area contributed by atoms with Crippen molar-refractivity contribution in [2.24, 2.45) is 5.92 Å². The van der Waals surface area contributed by atoms with Crippen LogP contribution in [0.2, 0.25) is 0 Å². The van der Waals surface area contributed by atoms with Crippen LogP contribution in [0, 0.1) is 11.7 Å². The number of rotatable bonds is 6. The van der Waals surface area contributed by atoms with Crippen LogP contribution in [-0.2, 0) is 4.79 Å². The van der Waals surface area contributed by atoms with Gasteiger partial charge in [-0.05, 0) is 36.6 Å². The standard InChI is InChI=1S/C14H19FN2O2S/c1-10(2)7-8-16-14(19)17-13(18)9-20-12-5-3-11(15)4-6-12/h3-6,10H,7-9H2,1-2H3,(H2,16,17,18,19). The van der Waals surface area contributed by atoms with Crippen LogP contribution < -0.4 is 10.6 Å². The van der Waals surface area contributed by atoms with Crippen LogP contribution in [-0.4, -0.2) is 24.2 Å². The third-order valence-electron chi connectivity index (χ3n) is 2.44. The molecule has 0 radical (unpaired) electrons. The van der Waals surface area contributed by atoms with Crippen molar-refractivity contribution >= 4 is 23.7 Å². The van der Waals surface area contributed by atoms with Crippen molar-refractivity contribution in [1.29, 1.82) is 0 Å². The molecule has 0 aliphatic heterocycles. The fourth-order valence-electron chi connectivity index (χ4n) is 1.36. The molecule has 2 N–H and O–H groups in total. The Morgan fingerprint density at radius 1 is 1.25 bits per heavy atom. The second kappa shape index (κ2) is 8.58. The summed E-state index contributed by atoms with van der Waals surface area (Å²) in [6, 6.07) is 5.37. The van der Waals surface area contributed by atoms with E-state index in [1.54, 1.807) is 12.1 Å². The summed E-state index contributed by atoms with van der Waals surface area (Å²) in [7, 11) is 0. The van der Waals surface area contributed by atoms with Crippen LogP contribution in [0.5, 0.6) is 0 Å². The Morgan fingerprint density at radius 3 is 2.50 bits per heavy atom. The average Bonchev–Trinajstić information content (AvgIpc) is 2.37. The van der Waals surface area contributed by atoms with Crippen molar-refractivity contribution in [2.75, 3.05) is 12.3 Å². The highest BCUT2D eigenvalue weighted by atomic mass is 32.2. The van der Waals surface area contributed by atoms with Crippen molar-refractivity contribution in [3.05, 3.63) is 30.1 Å². The monoisotopic (exact) mass is 298 g/mol. The first-order valence-corrected chi connectivity index (χ1v) is 7.42. The van der Waals surface area contributed by atoms with Crippen molar-refractivity contribution in [2.45, 2.75) is 25.2 Å². The third kappa shape index (κ3) is 7.13. The van der Waals surface area contributed by atoms with Crippen molar-refractivity contribution < 1.29 is 14.0 Å². The van der Waals surface area contributed by atoms with Crippen molar-refractivity contribution in [3.8, 4) is 0 Å². The number of carbonyl (C=O) groups excluding carboxylic acids is 2. The molecular weight excluding hydrogens is 279 g/mol. The average molecular weight is 298 g/mol. The second-order valence-electron chi connectivity index (χ2n) is 4.73. The van der Waals surface area contributed by atoms with Crippen LogP contribution >= 0.6 is 11.8 Å². The van der Waals surface area contributed by atoms with Gasteiger partial charge in [0, 0.05) is 11.4 Å². The number of halogens is 1. The molecule has 0 aliphatic rings. The van der Waals surface area contributed by atoms with Gasteiger partial charge in [-0.1, -0.05) is 13.8 Å². The molecule has 0 heterocycles. The normalized spacial score (nSPS) is 10.4. The number of benzene rings is 1. The zero-order chi connectivity index (χ0) is 15.0. The minimum absolute atomic E-state index is 0.114. The molecule has 1 aromatic carbocycles. The molecule has 0 atom stereocenters. The Labute approximate surface area is 122 Å². The highest BCUT2D eigenvalue weighted by Gasteiger charge is 2.08. The smallest absolute Gasteiger partial charge is 0.321 e. The van der Waals surface area contributed by atoms with Crippen LogP contribution in [0.4, 0.5) is 9.18 Å². The Bertz CT molecular complexity index is 449. The third-order valence-corrected chi connectivity index (χ3v) is 3.46. The molecule has 0 saturated carbocycles. The summed E-state index contributed by atoms with van der Waals surface area (Å²) < 4.78 is 12.7. The summed E-state index contributed by atoms with van der Waals surface area (Å²) in [6.45, 7) is 4.66. The van der Waals surface area contributed by atoms with E-state index >= 15 is 0 Å². The molecular formula is C14H19FN2O2S. The van der Waals surface area contributed by atoms with Gasteiger partial charge in [-0.3, -0.25) is 10.1 Å². The lowest BCUT2D eigenvalue weighted by atomic mass is 10.1. The minimum atomic E-state index is -0.477. The van der Waals surface area contributed by atoms with E-state index in [9.17, 15) is 14.0 Å². The molecule has 110 valence electrons. The molecule has 1 rings (SSSR count). The predicted octanol–water partition coefficient (Wildman–Crippen LogP) is 2.79. The van der Waals surface area contributed by atoms with E-state index in [0.29, 0.717) is 12.5 Å². The fourth-order valence-corrected chi connectivity index (χ4v) is 2.06. The van der Waals surface area contributed by atoms with Gasteiger partial charge in [0.05, 0.1) is 5.75 Å². The molecule has 6 heteroatoms. The Balaban J connectivity index is 2.22. The number of thioether (sulfide) groups is 1. The second-order valence-corrected chi connectivity index (χ2v) is 5.78. The zero-order valence-corrected chi connectivity index (χ0v) is 12.4. The first-order valence-electron chi connectivity index (χ1n) is 6.43. The summed E-state index contributed by atoms with van der Waals surface area (Å²) in [5.74, 6) is -0.0757. The Morgan fingerprint density at radius 2 is 1.90 bits per heavy atom. The molecule has 0 spiro atoms. The van der Waals surface area contributed by atoms with Gasteiger partial charge in [0.1, 0.15) is 5.82 Å². The highest BCUT2D eigenvalue weighted by Crippen LogP contribution is 2.17. The van der Waals surface area contributed by atoms with E-state index in [0.717, 1.165) is 11.3 Å². The van der Waals surface area contributed by atoms with Gasteiger partial charge < -0.3 is 5.32 Å². The Kier molecular flexibility index (Phi) is 7.08. The summed E-state index contributed by atoms with van der Waals surface area (Å²) in [4.78, 5) is 23.7. The lowest BCUT2D eigenvalue weighted by Gasteiger charge is -2.08. The molecule has 0 aromatic heterocycles. The SMILES string of the molecule is CC(C)CCNC(=O)NC(=O)CSc1ccc(F)cc1. The van der Waals surface area contributed by atoms with E-state index in [-0.39, 0.29) is 17.5 Å². The maximum Gasteiger partial charge on any atom is 0.321 e. The van der Waals surface area contributed by atoms with E-state index in [1.807, 2.05) is 0 Å². The van der Waals surface area contributed by atoms with E-state index in [1.165, 1.54) is 23.9 Å².